The van der Waals surface area contributed by atoms with Crippen molar-refractivity contribution in [3.63, 3.8) is 0 Å². The number of carbonyl (C=O) groups excluding carboxylic acids is 1. The third-order valence-electron chi connectivity index (χ3n) is 17.6. The first-order valence-corrected chi connectivity index (χ1v) is 23.3. The van der Waals surface area contributed by atoms with Crippen LogP contribution in [0, 0.1) is 45.3 Å². The predicted octanol–water partition coefficient (Wildman–Crippen LogP) is 1.62. The van der Waals surface area contributed by atoms with Gasteiger partial charge in [-0.25, -0.2) is 0 Å². The Kier molecular flexibility index (Phi) is 14.6. The van der Waals surface area contributed by atoms with Crippen molar-refractivity contribution in [3.8, 4) is 0 Å². The zero-order chi connectivity index (χ0) is 46.1. The number of hydrogen-bond donors (Lipinski definition) is 9. The zero-order valence-corrected chi connectivity index (χ0v) is 38.2. The maximum atomic E-state index is 13.7. The van der Waals surface area contributed by atoms with Gasteiger partial charge in [-0.05, 0) is 105 Å². The molecule has 7 rings (SSSR count). The topological polar surface area (TPSA) is 255 Å². The van der Waals surface area contributed by atoms with Crippen LogP contribution in [0.5, 0.6) is 0 Å². The standard InChI is InChI=1S/C47H76O16/c1-22(2)10-9-11-26(50)25-12-16-47(8)33(25)27(51)19-31-45(6)15-14-32(44(4,5)30(45)13-17-46(31,47)7)62-43-40(63-41-38(56)36(54)34(52)23(3)58-41)28(18-24(20-48)59-43)60-42-39(57)37(55)35(53)29(21-49)61-42/h9-11,23-25,27-43,48-49,51-57H,12-21H2,1-8H3/b11-9+/t23?,24?,25-,27?,28+,29?,30?,31?,32+,33?,34+,35-,36+,37+,38-,39+,40+,41-,42+,43?,45+,46-,47-/m1/s1. The van der Waals surface area contributed by atoms with E-state index in [0.717, 1.165) is 37.7 Å². The lowest BCUT2D eigenvalue weighted by molar-refractivity contribution is -0.385. The minimum absolute atomic E-state index is 0.0467. The highest BCUT2D eigenvalue weighted by Crippen LogP contribution is 2.75. The lowest BCUT2D eigenvalue weighted by Gasteiger charge is -2.70. The van der Waals surface area contributed by atoms with Crippen molar-refractivity contribution in [2.24, 2.45) is 45.3 Å². The molecule has 4 aliphatic carbocycles. The smallest absolute Gasteiger partial charge is 0.187 e. The van der Waals surface area contributed by atoms with E-state index in [1.165, 1.54) is 6.92 Å². The van der Waals surface area contributed by atoms with Crippen molar-refractivity contribution in [3.05, 3.63) is 23.8 Å². The van der Waals surface area contributed by atoms with Crippen LogP contribution < -0.4 is 0 Å². The van der Waals surface area contributed by atoms with Gasteiger partial charge in [-0.2, -0.15) is 0 Å². The van der Waals surface area contributed by atoms with Crippen LogP contribution in [-0.4, -0.2) is 163 Å². The monoisotopic (exact) mass is 897 g/mol. The molecule has 3 saturated heterocycles. The van der Waals surface area contributed by atoms with Crippen molar-refractivity contribution >= 4 is 5.78 Å². The Hall–Kier alpha value is -1.45. The molecule has 3 aliphatic heterocycles. The molecule has 0 spiro atoms. The van der Waals surface area contributed by atoms with Crippen LogP contribution in [0.1, 0.15) is 107 Å². The van der Waals surface area contributed by atoms with Crippen LogP contribution in [0.3, 0.4) is 0 Å². The van der Waals surface area contributed by atoms with Crippen molar-refractivity contribution in [1.82, 2.24) is 0 Å². The molecule has 16 heteroatoms. The quantitative estimate of drug-likeness (QED) is 0.0812. The lowest BCUT2D eigenvalue weighted by Crippen LogP contribution is -2.67. The minimum atomic E-state index is -1.76. The molecule has 0 aromatic carbocycles. The fourth-order valence-corrected chi connectivity index (χ4v) is 14.0. The van der Waals surface area contributed by atoms with Gasteiger partial charge in [-0.1, -0.05) is 52.3 Å². The highest BCUT2D eigenvalue weighted by molar-refractivity contribution is 5.92. The number of hydrogen-bond acceptors (Lipinski definition) is 16. The highest BCUT2D eigenvalue weighted by atomic mass is 16.8. The number of rotatable bonds is 11. The van der Waals surface area contributed by atoms with Gasteiger partial charge in [0.2, 0.25) is 0 Å². The Morgan fingerprint density at radius 1 is 0.683 bits per heavy atom. The molecule has 7 aliphatic rings. The van der Waals surface area contributed by atoms with Crippen molar-refractivity contribution in [2.75, 3.05) is 13.2 Å². The number of fused-ring (bicyclic) bond motifs is 5. The number of allylic oxidation sites excluding steroid dienone is 4. The third-order valence-corrected chi connectivity index (χ3v) is 17.6. The molecule has 63 heavy (non-hydrogen) atoms. The summed E-state index contributed by atoms with van der Waals surface area (Å²) in [5.41, 5.74) is 0.0600. The van der Waals surface area contributed by atoms with Crippen molar-refractivity contribution < 1.29 is 79.2 Å². The van der Waals surface area contributed by atoms with Crippen molar-refractivity contribution in [2.45, 2.75) is 205 Å². The van der Waals surface area contributed by atoms with Crippen LogP contribution in [0.15, 0.2) is 23.8 Å². The van der Waals surface area contributed by atoms with E-state index in [-0.39, 0.29) is 52.1 Å². The lowest BCUT2D eigenvalue weighted by atomic mass is 9.35. The van der Waals surface area contributed by atoms with E-state index < -0.39 is 117 Å². The molecule has 0 aromatic rings. The molecule has 4 saturated carbocycles. The Labute approximate surface area is 371 Å². The summed E-state index contributed by atoms with van der Waals surface area (Å²) in [6.07, 6.45) is -9.99. The summed E-state index contributed by atoms with van der Waals surface area (Å²) in [6, 6.07) is 0. The predicted molar refractivity (Wildman–Crippen MR) is 225 cm³/mol. The molecular formula is C47H76O16. The van der Waals surface area contributed by atoms with Crippen molar-refractivity contribution in [1.29, 1.82) is 0 Å². The van der Waals surface area contributed by atoms with E-state index in [4.69, 9.17) is 28.4 Å². The molecule has 8 unspecified atom stereocenters. The van der Waals surface area contributed by atoms with E-state index in [1.54, 1.807) is 6.08 Å². The van der Waals surface area contributed by atoms with Gasteiger partial charge < -0.3 is 74.4 Å². The van der Waals surface area contributed by atoms with E-state index in [9.17, 15) is 50.8 Å². The Morgan fingerprint density at radius 2 is 1.33 bits per heavy atom. The molecule has 0 radical (unpaired) electrons. The molecule has 0 aromatic heterocycles. The third kappa shape index (κ3) is 8.58. The second-order valence-electron chi connectivity index (χ2n) is 21.6. The molecule has 7 fully saturated rings. The number of ether oxygens (including phenoxy) is 6. The fourth-order valence-electron chi connectivity index (χ4n) is 14.0. The number of aliphatic hydroxyl groups excluding tert-OH is 9. The summed E-state index contributed by atoms with van der Waals surface area (Å²) >= 11 is 0. The molecule has 9 N–H and O–H groups in total. The number of ketones is 1. The zero-order valence-electron chi connectivity index (χ0n) is 38.2. The maximum Gasteiger partial charge on any atom is 0.187 e. The van der Waals surface area contributed by atoms with Gasteiger partial charge >= 0.3 is 0 Å². The van der Waals surface area contributed by atoms with E-state index in [1.807, 2.05) is 26.0 Å². The summed E-state index contributed by atoms with van der Waals surface area (Å²) < 4.78 is 37.7. The molecule has 23 atom stereocenters. The van der Waals surface area contributed by atoms with Crippen LogP contribution in [0.4, 0.5) is 0 Å². The Bertz CT molecular complexity index is 1670. The van der Waals surface area contributed by atoms with Gasteiger partial charge in [0, 0.05) is 18.3 Å². The molecule has 16 nitrogen and oxygen atoms in total. The average Bonchev–Trinajstić information content (AvgIpc) is 3.61. The van der Waals surface area contributed by atoms with Gasteiger partial charge in [0.05, 0.1) is 43.7 Å². The number of aliphatic hydroxyl groups is 9. The molecule has 360 valence electrons. The van der Waals surface area contributed by atoms with Gasteiger partial charge in [0.15, 0.2) is 24.7 Å². The number of carbonyl (C=O) groups is 1. The second kappa shape index (κ2) is 18.6. The second-order valence-corrected chi connectivity index (χ2v) is 21.6. The average molecular weight is 897 g/mol. The molecular weight excluding hydrogens is 821 g/mol. The molecule has 3 heterocycles. The van der Waals surface area contributed by atoms with E-state index in [0.29, 0.717) is 12.8 Å². The first-order chi connectivity index (χ1) is 29.5. The molecule has 0 bridgehead atoms. The van der Waals surface area contributed by atoms with E-state index >= 15 is 0 Å². The normalized spacial score (nSPS) is 52.1. The summed E-state index contributed by atoms with van der Waals surface area (Å²) in [4.78, 5) is 13.7. The van der Waals surface area contributed by atoms with Crippen LogP contribution in [0.25, 0.3) is 0 Å². The Balaban J connectivity index is 1.15. The minimum Gasteiger partial charge on any atom is -0.394 e. The summed E-state index contributed by atoms with van der Waals surface area (Å²) in [5.74, 6) is 0.0342. The fraction of sp³-hybridized carbons (Fsp3) is 0.894. The van der Waals surface area contributed by atoms with Crippen LogP contribution >= 0.6 is 0 Å². The van der Waals surface area contributed by atoms with E-state index in [2.05, 4.69) is 34.6 Å². The SMILES string of the molecule is CC(C)=C/C=C/C(=O)[C@H]1CC[C@]2(C)C1C(O)CC1[C@@]3(C)CC[C@H](OC4OC(CO)C[C@H](O[C@H]5OC(CO)[C@@H](O)[C@H](O)[C@@H]5O)[C@@H]4O[C@H]4OC(C)[C@H](O)[C@H](O)[C@H]4O)C(C)(C)C3CC[C@]12C. The first-order valence-electron chi connectivity index (χ1n) is 23.3. The van der Waals surface area contributed by atoms with Gasteiger partial charge in [0.1, 0.15) is 48.8 Å². The van der Waals surface area contributed by atoms with Gasteiger partial charge in [-0.15, -0.1) is 0 Å². The Morgan fingerprint density at radius 3 is 1.98 bits per heavy atom. The largest absolute Gasteiger partial charge is 0.394 e. The van der Waals surface area contributed by atoms with Crippen LogP contribution in [0.2, 0.25) is 0 Å². The first kappa shape index (κ1) is 49.5. The highest BCUT2D eigenvalue weighted by Gasteiger charge is 2.71. The summed E-state index contributed by atoms with van der Waals surface area (Å²) in [7, 11) is 0. The maximum absolute atomic E-state index is 13.7. The van der Waals surface area contributed by atoms with Crippen LogP contribution in [-0.2, 0) is 33.2 Å². The summed E-state index contributed by atoms with van der Waals surface area (Å²) in [5, 5.41) is 96.8. The summed E-state index contributed by atoms with van der Waals surface area (Å²) in [6.45, 7) is 15.8. The molecule has 0 amide bonds. The van der Waals surface area contributed by atoms with Gasteiger partial charge in [0.25, 0.3) is 0 Å². The van der Waals surface area contributed by atoms with Gasteiger partial charge in [-0.3, -0.25) is 4.79 Å².